The van der Waals surface area contributed by atoms with Gasteiger partial charge < -0.3 is 19.5 Å². The van der Waals surface area contributed by atoms with Gasteiger partial charge in [-0.25, -0.2) is 4.79 Å². The Hall–Kier alpha value is -2.08. The molecule has 0 bridgehead atoms. The second-order valence-corrected chi connectivity index (χ2v) is 6.12. The van der Waals surface area contributed by atoms with Crippen LogP contribution in [-0.2, 0) is 25.6 Å². The first-order valence-corrected chi connectivity index (χ1v) is 7.48. The molecule has 1 amide bonds. The highest BCUT2D eigenvalue weighted by atomic mass is 16.6. The number of hydrogen-bond acceptors (Lipinski definition) is 5. The first-order valence-electron chi connectivity index (χ1n) is 7.48. The molecule has 1 atom stereocenters. The summed E-state index contributed by atoms with van der Waals surface area (Å²) in [5, 5.41) is 2.64. The quantitative estimate of drug-likeness (QED) is 0.781. The van der Waals surface area contributed by atoms with Crippen LogP contribution in [0.4, 0.5) is 4.79 Å². The van der Waals surface area contributed by atoms with E-state index in [0.29, 0.717) is 6.61 Å². The minimum atomic E-state index is -0.606. The molecule has 0 heterocycles. The number of ether oxygens (including phenoxy) is 3. The van der Waals surface area contributed by atoms with E-state index in [2.05, 4.69) is 10.1 Å². The predicted octanol–water partition coefficient (Wildman–Crippen LogP) is 2.66. The summed E-state index contributed by atoms with van der Waals surface area (Å²) in [7, 11) is 1.30. The van der Waals surface area contributed by atoms with Gasteiger partial charge in [-0.3, -0.25) is 4.79 Å². The zero-order chi connectivity index (χ0) is 17.3. The number of alkyl carbamates (subject to hydrolysis) is 1. The van der Waals surface area contributed by atoms with Crippen LogP contribution >= 0.6 is 0 Å². The van der Waals surface area contributed by atoms with Crippen LogP contribution in [0.5, 0.6) is 0 Å². The molecule has 6 nitrogen and oxygen atoms in total. The number of esters is 1. The lowest BCUT2D eigenvalue weighted by atomic mass is 10.2. The van der Waals surface area contributed by atoms with Crippen LogP contribution in [0.25, 0.3) is 0 Å². The first kappa shape index (κ1) is 19.0. The summed E-state index contributed by atoms with van der Waals surface area (Å²) in [5.41, 5.74) is 0.409. The normalized spacial score (nSPS) is 12.3. The molecule has 1 aromatic rings. The smallest absolute Gasteiger partial charge is 0.407 e. The van der Waals surface area contributed by atoms with Crippen LogP contribution in [0.3, 0.4) is 0 Å². The SMILES string of the molecule is COC(=O)CC(COCc1ccccc1)NC(=O)OC(C)(C)C. The molecule has 0 aliphatic heterocycles. The topological polar surface area (TPSA) is 73.9 Å². The summed E-state index contributed by atoms with van der Waals surface area (Å²) < 4.78 is 15.4. The molecular weight excluding hydrogens is 298 g/mol. The van der Waals surface area contributed by atoms with Crippen LogP contribution in [0.15, 0.2) is 30.3 Å². The molecule has 6 heteroatoms. The minimum absolute atomic E-state index is 0.0184. The van der Waals surface area contributed by atoms with E-state index in [1.807, 2.05) is 30.3 Å². The van der Waals surface area contributed by atoms with Gasteiger partial charge in [0.05, 0.1) is 32.8 Å². The molecule has 128 valence electrons. The van der Waals surface area contributed by atoms with E-state index in [1.165, 1.54) is 7.11 Å². The third-order valence-corrected chi connectivity index (χ3v) is 2.79. The average Bonchev–Trinajstić information content (AvgIpc) is 2.46. The lowest BCUT2D eigenvalue weighted by molar-refractivity contribution is -0.141. The Balaban J connectivity index is 2.51. The van der Waals surface area contributed by atoms with Gasteiger partial charge in [0.15, 0.2) is 0 Å². The van der Waals surface area contributed by atoms with Crippen LogP contribution < -0.4 is 5.32 Å². The van der Waals surface area contributed by atoms with Gasteiger partial charge in [-0.2, -0.15) is 0 Å². The van der Waals surface area contributed by atoms with Gasteiger partial charge in [-0.05, 0) is 26.3 Å². The summed E-state index contributed by atoms with van der Waals surface area (Å²) in [5.74, 6) is -0.422. The number of methoxy groups -OCH3 is 1. The van der Waals surface area contributed by atoms with E-state index in [9.17, 15) is 9.59 Å². The van der Waals surface area contributed by atoms with E-state index in [4.69, 9.17) is 9.47 Å². The second kappa shape index (κ2) is 9.15. The van der Waals surface area contributed by atoms with Gasteiger partial charge in [0.1, 0.15) is 5.60 Å². The Kier molecular flexibility index (Phi) is 7.54. The van der Waals surface area contributed by atoms with Crippen LogP contribution in [-0.4, -0.2) is 37.4 Å². The number of carbonyl (C=O) groups is 2. The van der Waals surface area contributed by atoms with E-state index >= 15 is 0 Å². The lowest BCUT2D eigenvalue weighted by Crippen LogP contribution is -2.42. The largest absolute Gasteiger partial charge is 0.469 e. The van der Waals surface area contributed by atoms with Crippen LogP contribution in [0.2, 0.25) is 0 Å². The van der Waals surface area contributed by atoms with E-state index in [1.54, 1.807) is 20.8 Å². The summed E-state index contributed by atoms with van der Waals surface area (Å²) in [6, 6.07) is 9.13. The fraction of sp³-hybridized carbons (Fsp3) is 0.529. The van der Waals surface area contributed by atoms with Crippen molar-refractivity contribution in [2.45, 2.75) is 45.4 Å². The van der Waals surface area contributed by atoms with Crippen LogP contribution in [0, 0.1) is 0 Å². The lowest BCUT2D eigenvalue weighted by Gasteiger charge is -2.23. The molecule has 0 aliphatic carbocycles. The molecule has 0 spiro atoms. The maximum Gasteiger partial charge on any atom is 0.407 e. The number of amides is 1. The fourth-order valence-electron chi connectivity index (χ4n) is 1.80. The van der Waals surface area contributed by atoms with E-state index in [0.717, 1.165) is 5.56 Å². The van der Waals surface area contributed by atoms with Crippen molar-refractivity contribution < 1.29 is 23.8 Å². The summed E-state index contributed by atoms with van der Waals surface area (Å²) in [6.45, 7) is 5.90. The van der Waals surface area contributed by atoms with Crippen molar-refractivity contribution in [2.24, 2.45) is 0 Å². The third-order valence-electron chi connectivity index (χ3n) is 2.79. The van der Waals surface area contributed by atoms with Crippen molar-refractivity contribution in [3.05, 3.63) is 35.9 Å². The summed E-state index contributed by atoms with van der Waals surface area (Å²) in [4.78, 5) is 23.3. The summed E-state index contributed by atoms with van der Waals surface area (Å²) >= 11 is 0. The minimum Gasteiger partial charge on any atom is -0.469 e. The Labute approximate surface area is 137 Å². The van der Waals surface area contributed by atoms with Gasteiger partial charge in [-0.1, -0.05) is 30.3 Å². The molecule has 0 radical (unpaired) electrons. The zero-order valence-electron chi connectivity index (χ0n) is 14.1. The van der Waals surface area contributed by atoms with Crippen molar-refractivity contribution in [2.75, 3.05) is 13.7 Å². The van der Waals surface area contributed by atoms with Crippen molar-refractivity contribution >= 4 is 12.1 Å². The van der Waals surface area contributed by atoms with Gasteiger partial charge >= 0.3 is 12.1 Å². The molecule has 0 aromatic heterocycles. The van der Waals surface area contributed by atoms with Crippen LogP contribution in [0.1, 0.15) is 32.8 Å². The molecule has 0 saturated heterocycles. The summed E-state index contributed by atoms with van der Waals surface area (Å²) in [6.07, 6.45) is -0.570. The Bertz CT molecular complexity index is 495. The maximum atomic E-state index is 11.8. The number of benzene rings is 1. The van der Waals surface area contributed by atoms with Gasteiger partial charge in [0, 0.05) is 0 Å². The molecule has 0 saturated carbocycles. The fourth-order valence-corrected chi connectivity index (χ4v) is 1.80. The molecule has 23 heavy (non-hydrogen) atoms. The van der Waals surface area contributed by atoms with Crippen molar-refractivity contribution in [3.63, 3.8) is 0 Å². The zero-order valence-corrected chi connectivity index (χ0v) is 14.1. The van der Waals surface area contributed by atoms with Gasteiger partial charge in [0.2, 0.25) is 0 Å². The molecule has 0 aliphatic rings. The average molecular weight is 323 g/mol. The number of carbonyl (C=O) groups excluding carboxylic acids is 2. The number of nitrogens with one attached hydrogen (secondary N) is 1. The standard InChI is InChI=1S/C17H25NO5/c1-17(2,3)23-16(20)18-14(10-15(19)21-4)12-22-11-13-8-6-5-7-9-13/h5-9,14H,10-12H2,1-4H3,(H,18,20). The number of rotatable bonds is 7. The van der Waals surface area contributed by atoms with E-state index in [-0.39, 0.29) is 13.0 Å². The third kappa shape index (κ3) is 8.83. The van der Waals surface area contributed by atoms with Gasteiger partial charge in [0.25, 0.3) is 0 Å². The molecule has 1 aromatic carbocycles. The van der Waals surface area contributed by atoms with E-state index < -0.39 is 23.7 Å². The molecular formula is C17H25NO5. The Morgan fingerprint density at radius 2 is 1.83 bits per heavy atom. The van der Waals surface area contributed by atoms with Crippen molar-refractivity contribution in [3.8, 4) is 0 Å². The Morgan fingerprint density at radius 3 is 2.39 bits per heavy atom. The van der Waals surface area contributed by atoms with Crippen molar-refractivity contribution in [1.29, 1.82) is 0 Å². The highest BCUT2D eigenvalue weighted by molar-refractivity contribution is 5.72. The highest BCUT2D eigenvalue weighted by Crippen LogP contribution is 2.08. The Morgan fingerprint density at radius 1 is 1.17 bits per heavy atom. The van der Waals surface area contributed by atoms with Gasteiger partial charge in [-0.15, -0.1) is 0 Å². The first-order chi connectivity index (χ1) is 10.8. The maximum absolute atomic E-state index is 11.8. The van der Waals surface area contributed by atoms with Crippen molar-refractivity contribution in [1.82, 2.24) is 5.32 Å². The molecule has 1 rings (SSSR count). The molecule has 1 N–H and O–H groups in total. The molecule has 0 fully saturated rings. The number of hydrogen-bond donors (Lipinski definition) is 1. The monoisotopic (exact) mass is 323 g/mol. The molecule has 1 unspecified atom stereocenters. The second-order valence-electron chi connectivity index (χ2n) is 6.12. The highest BCUT2D eigenvalue weighted by Gasteiger charge is 2.21. The predicted molar refractivity (Wildman–Crippen MR) is 85.9 cm³/mol.